The van der Waals surface area contributed by atoms with Gasteiger partial charge in [0.2, 0.25) is 11.8 Å². The topological polar surface area (TPSA) is 49.9 Å². The van der Waals surface area contributed by atoms with Crippen LogP contribution in [0.4, 0.5) is 0 Å². The lowest BCUT2D eigenvalue weighted by atomic mass is 10.0. The van der Waals surface area contributed by atoms with Gasteiger partial charge in [-0.25, -0.2) is 0 Å². The summed E-state index contributed by atoms with van der Waals surface area (Å²) in [5, 5.41) is 0. The van der Waals surface area contributed by atoms with Crippen molar-refractivity contribution in [2.75, 3.05) is 26.2 Å². The van der Waals surface area contributed by atoms with Crippen molar-refractivity contribution < 1.29 is 14.3 Å². The van der Waals surface area contributed by atoms with Crippen molar-refractivity contribution >= 4 is 11.8 Å². The number of piperidine rings is 1. The molecule has 146 valence electrons. The Bertz CT molecular complexity index is 700. The zero-order chi connectivity index (χ0) is 19.0. The highest BCUT2D eigenvalue weighted by Crippen LogP contribution is 2.33. The largest absolute Gasteiger partial charge is 0.490 e. The van der Waals surface area contributed by atoms with Gasteiger partial charge in [-0.05, 0) is 43.7 Å². The quantitative estimate of drug-likeness (QED) is 0.801. The van der Waals surface area contributed by atoms with Gasteiger partial charge >= 0.3 is 0 Å². The van der Waals surface area contributed by atoms with E-state index in [1.165, 1.54) is 12.8 Å². The molecule has 2 heterocycles. The number of nitrogens with zero attached hydrogens (tertiary/aromatic N) is 2. The van der Waals surface area contributed by atoms with E-state index in [0.29, 0.717) is 18.9 Å². The van der Waals surface area contributed by atoms with Gasteiger partial charge in [0, 0.05) is 45.4 Å². The molecule has 0 radical (unpaired) electrons. The molecule has 2 amide bonds. The minimum atomic E-state index is -0.146. The number of hydrogen-bond donors (Lipinski definition) is 0. The Morgan fingerprint density at radius 1 is 1.11 bits per heavy atom. The second-order valence-electron chi connectivity index (χ2n) is 8.51. The molecule has 0 spiro atoms. The minimum absolute atomic E-state index is 0.146. The highest BCUT2D eigenvalue weighted by Gasteiger charge is 2.39. The molecule has 5 nitrogen and oxygen atoms in total. The first-order valence-electron chi connectivity index (χ1n) is 10.3. The van der Waals surface area contributed by atoms with Crippen LogP contribution >= 0.6 is 0 Å². The average molecular weight is 370 g/mol. The molecule has 1 aliphatic carbocycles. The predicted octanol–water partition coefficient (Wildman–Crippen LogP) is 2.93. The average Bonchev–Trinajstić information content (AvgIpc) is 3.40. The van der Waals surface area contributed by atoms with E-state index in [4.69, 9.17) is 4.74 Å². The van der Waals surface area contributed by atoms with Crippen LogP contribution in [0.3, 0.4) is 0 Å². The number of rotatable bonds is 5. The van der Waals surface area contributed by atoms with Gasteiger partial charge in [-0.1, -0.05) is 18.2 Å². The molecule has 0 unspecified atom stereocenters. The van der Waals surface area contributed by atoms with Crippen LogP contribution in [-0.4, -0.2) is 53.9 Å². The molecule has 1 aromatic carbocycles. The number of amides is 2. The van der Waals surface area contributed by atoms with Crippen LogP contribution in [0.5, 0.6) is 5.75 Å². The fourth-order valence-corrected chi connectivity index (χ4v) is 4.33. The summed E-state index contributed by atoms with van der Waals surface area (Å²) in [5.74, 6) is 1.84. The van der Waals surface area contributed by atoms with Crippen LogP contribution < -0.4 is 4.74 Å². The SMILES string of the molecule is Cc1cccc(C)c1OC1CCN(C(=O)[C@@H]2CC(=O)N(CC3CC3)C2)CC1. The maximum absolute atomic E-state index is 12.9. The molecule has 1 saturated carbocycles. The first kappa shape index (κ1) is 18.3. The lowest BCUT2D eigenvalue weighted by molar-refractivity contribution is -0.137. The van der Waals surface area contributed by atoms with Gasteiger partial charge < -0.3 is 14.5 Å². The van der Waals surface area contributed by atoms with E-state index in [1.54, 1.807) is 0 Å². The number of likely N-dealkylation sites (tertiary alicyclic amines) is 2. The molecule has 0 N–H and O–H groups in total. The van der Waals surface area contributed by atoms with E-state index in [9.17, 15) is 9.59 Å². The zero-order valence-corrected chi connectivity index (χ0v) is 16.4. The van der Waals surface area contributed by atoms with Gasteiger partial charge in [0.15, 0.2) is 0 Å². The van der Waals surface area contributed by atoms with Gasteiger partial charge in [0.1, 0.15) is 11.9 Å². The van der Waals surface area contributed by atoms with Crippen LogP contribution in [0.25, 0.3) is 0 Å². The molecule has 1 atom stereocenters. The van der Waals surface area contributed by atoms with E-state index < -0.39 is 0 Å². The van der Waals surface area contributed by atoms with E-state index >= 15 is 0 Å². The molecule has 2 aliphatic heterocycles. The number of benzene rings is 1. The number of carbonyl (C=O) groups excluding carboxylic acids is 2. The zero-order valence-electron chi connectivity index (χ0n) is 16.4. The van der Waals surface area contributed by atoms with Crippen molar-refractivity contribution in [1.82, 2.24) is 9.80 Å². The van der Waals surface area contributed by atoms with Crippen molar-refractivity contribution in [2.45, 2.75) is 52.1 Å². The standard InChI is InChI=1S/C22H30N2O3/c1-15-4-3-5-16(2)21(15)27-19-8-10-23(11-9-19)22(26)18-12-20(25)24(14-18)13-17-6-7-17/h3-5,17-19H,6-14H2,1-2H3/t18-/m1/s1. The molecule has 3 fully saturated rings. The summed E-state index contributed by atoms with van der Waals surface area (Å²) in [6.45, 7) is 7.07. The van der Waals surface area contributed by atoms with Gasteiger partial charge in [0.25, 0.3) is 0 Å². The number of hydrogen-bond acceptors (Lipinski definition) is 3. The third-order valence-corrected chi connectivity index (χ3v) is 6.19. The Morgan fingerprint density at radius 2 is 1.78 bits per heavy atom. The molecular weight excluding hydrogens is 340 g/mol. The molecule has 3 aliphatic rings. The highest BCUT2D eigenvalue weighted by molar-refractivity contribution is 5.89. The fourth-order valence-electron chi connectivity index (χ4n) is 4.33. The Balaban J connectivity index is 1.29. The summed E-state index contributed by atoms with van der Waals surface area (Å²) in [6, 6.07) is 6.20. The Labute approximate surface area is 161 Å². The lowest BCUT2D eigenvalue weighted by Crippen LogP contribution is -2.45. The monoisotopic (exact) mass is 370 g/mol. The molecule has 0 bridgehead atoms. The Hall–Kier alpha value is -2.04. The third kappa shape index (κ3) is 4.12. The van der Waals surface area contributed by atoms with Crippen LogP contribution in [-0.2, 0) is 9.59 Å². The summed E-state index contributed by atoms with van der Waals surface area (Å²) in [7, 11) is 0. The normalized spacial score (nSPS) is 23.8. The van der Waals surface area contributed by atoms with Crippen molar-refractivity contribution in [3.05, 3.63) is 29.3 Å². The summed E-state index contributed by atoms with van der Waals surface area (Å²) in [6.07, 6.45) is 4.72. The van der Waals surface area contributed by atoms with Crippen LogP contribution in [0.2, 0.25) is 0 Å². The molecule has 2 saturated heterocycles. The van der Waals surface area contributed by atoms with Crippen LogP contribution in [0, 0.1) is 25.7 Å². The molecular formula is C22H30N2O3. The van der Waals surface area contributed by atoms with E-state index in [2.05, 4.69) is 26.0 Å². The van der Waals surface area contributed by atoms with Crippen molar-refractivity contribution in [1.29, 1.82) is 0 Å². The Morgan fingerprint density at radius 3 is 2.41 bits per heavy atom. The lowest BCUT2D eigenvalue weighted by Gasteiger charge is -2.34. The predicted molar refractivity (Wildman–Crippen MR) is 104 cm³/mol. The molecule has 27 heavy (non-hydrogen) atoms. The molecule has 1 aromatic rings. The van der Waals surface area contributed by atoms with E-state index in [0.717, 1.165) is 49.4 Å². The summed E-state index contributed by atoms with van der Waals surface area (Å²) < 4.78 is 6.25. The molecule has 0 aromatic heterocycles. The second-order valence-corrected chi connectivity index (χ2v) is 8.51. The number of ether oxygens (including phenoxy) is 1. The van der Waals surface area contributed by atoms with Crippen LogP contribution in [0.1, 0.15) is 43.2 Å². The smallest absolute Gasteiger partial charge is 0.227 e. The molecule has 5 heteroatoms. The summed E-state index contributed by atoms with van der Waals surface area (Å²) in [5.41, 5.74) is 2.32. The second kappa shape index (κ2) is 7.53. The first-order chi connectivity index (χ1) is 13.0. The maximum atomic E-state index is 12.9. The first-order valence-corrected chi connectivity index (χ1v) is 10.3. The summed E-state index contributed by atoms with van der Waals surface area (Å²) >= 11 is 0. The number of para-hydroxylation sites is 1. The van der Waals surface area contributed by atoms with Gasteiger partial charge in [0.05, 0.1) is 5.92 Å². The fraction of sp³-hybridized carbons (Fsp3) is 0.636. The summed E-state index contributed by atoms with van der Waals surface area (Å²) in [4.78, 5) is 28.9. The van der Waals surface area contributed by atoms with Crippen molar-refractivity contribution in [3.8, 4) is 5.75 Å². The maximum Gasteiger partial charge on any atom is 0.227 e. The van der Waals surface area contributed by atoms with Crippen molar-refractivity contribution in [3.63, 3.8) is 0 Å². The van der Waals surface area contributed by atoms with Gasteiger partial charge in [-0.15, -0.1) is 0 Å². The van der Waals surface area contributed by atoms with E-state index in [1.807, 2.05) is 15.9 Å². The third-order valence-electron chi connectivity index (χ3n) is 6.19. The minimum Gasteiger partial charge on any atom is -0.490 e. The van der Waals surface area contributed by atoms with Crippen LogP contribution in [0.15, 0.2) is 18.2 Å². The Kier molecular flexibility index (Phi) is 5.11. The number of carbonyl (C=O) groups is 2. The number of aryl methyl sites for hydroxylation is 2. The van der Waals surface area contributed by atoms with Gasteiger partial charge in [-0.3, -0.25) is 9.59 Å². The van der Waals surface area contributed by atoms with E-state index in [-0.39, 0.29) is 23.8 Å². The highest BCUT2D eigenvalue weighted by atomic mass is 16.5. The van der Waals surface area contributed by atoms with Gasteiger partial charge in [-0.2, -0.15) is 0 Å². The van der Waals surface area contributed by atoms with Crippen molar-refractivity contribution in [2.24, 2.45) is 11.8 Å². The molecule has 4 rings (SSSR count).